The topological polar surface area (TPSA) is 51.6 Å². The smallest absolute Gasteiger partial charge is 0.167 e. The third kappa shape index (κ3) is 2.27. The second-order valence-corrected chi connectivity index (χ2v) is 4.57. The summed E-state index contributed by atoms with van der Waals surface area (Å²) in [5.74, 6) is 1.31. The van der Waals surface area contributed by atoms with Crippen LogP contribution in [0.1, 0.15) is 22.8 Å². The highest BCUT2D eigenvalue weighted by Crippen LogP contribution is 2.38. The molecule has 0 radical (unpaired) electrons. The fraction of sp³-hybridized carbons (Fsp3) is 0.267. The zero-order valence-electron chi connectivity index (χ0n) is 10.7. The molecule has 0 fully saturated rings. The van der Waals surface area contributed by atoms with Crippen LogP contribution in [0.5, 0.6) is 11.5 Å². The molecule has 1 N–H and O–H groups in total. The van der Waals surface area contributed by atoms with E-state index < -0.39 is 6.10 Å². The molecule has 0 saturated heterocycles. The lowest BCUT2D eigenvalue weighted by Crippen LogP contribution is -2.17. The Morgan fingerprint density at radius 1 is 1.21 bits per heavy atom. The predicted octanol–water partition coefficient (Wildman–Crippen LogP) is 2.24. The van der Waals surface area contributed by atoms with Crippen LogP contribution in [0.4, 0.5) is 0 Å². The minimum absolute atomic E-state index is 0.503. The molecule has 3 rings (SSSR count). The van der Waals surface area contributed by atoms with Gasteiger partial charge in [-0.25, -0.2) is 0 Å². The van der Waals surface area contributed by atoms with Gasteiger partial charge in [0, 0.05) is 23.5 Å². The number of aliphatic hydroxyl groups is 1. The van der Waals surface area contributed by atoms with Crippen LogP contribution < -0.4 is 9.47 Å². The van der Waals surface area contributed by atoms with E-state index in [1.54, 1.807) is 12.4 Å². The molecule has 1 aromatic heterocycles. The molecular formula is C15H15NO3. The Hall–Kier alpha value is -2.07. The largest absolute Gasteiger partial charge is 0.486 e. The molecule has 0 bridgehead atoms. The van der Waals surface area contributed by atoms with Crippen molar-refractivity contribution in [2.24, 2.45) is 0 Å². The standard InChI is InChI=1S/C15H15NO3/c1-10-7-11(9-16-8-10)14(17)12-3-2-4-13-15(12)19-6-5-18-13/h2-4,7-9,14,17H,5-6H2,1H3. The minimum atomic E-state index is -0.760. The van der Waals surface area contributed by atoms with E-state index in [9.17, 15) is 5.11 Å². The van der Waals surface area contributed by atoms with Crippen molar-refractivity contribution in [1.82, 2.24) is 4.98 Å². The summed E-state index contributed by atoms with van der Waals surface area (Å²) in [6.07, 6.45) is 2.67. The number of para-hydroxylation sites is 1. The summed E-state index contributed by atoms with van der Waals surface area (Å²) in [5.41, 5.74) is 2.48. The van der Waals surface area contributed by atoms with Gasteiger partial charge >= 0.3 is 0 Å². The van der Waals surface area contributed by atoms with Gasteiger partial charge in [0.2, 0.25) is 0 Å². The maximum absolute atomic E-state index is 10.5. The van der Waals surface area contributed by atoms with Crippen molar-refractivity contribution in [1.29, 1.82) is 0 Å². The molecule has 1 unspecified atom stereocenters. The number of hydrogen-bond donors (Lipinski definition) is 1. The Morgan fingerprint density at radius 2 is 2.05 bits per heavy atom. The van der Waals surface area contributed by atoms with Crippen molar-refractivity contribution in [3.8, 4) is 11.5 Å². The number of benzene rings is 1. The third-order valence-corrected chi connectivity index (χ3v) is 3.10. The highest BCUT2D eigenvalue weighted by molar-refractivity contribution is 5.50. The number of aryl methyl sites for hydroxylation is 1. The van der Waals surface area contributed by atoms with Crippen LogP contribution in [0.3, 0.4) is 0 Å². The Morgan fingerprint density at radius 3 is 2.89 bits per heavy atom. The molecule has 0 aliphatic carbocycles. The summed E-state index contributed by atoms with van der Waals surface area (Å²) in [5, 5.41) is 10.5. The first-order valence-electron chi connectivity index (χ1n) is 6.24. The number of fused-ring (bicyclic) bond motifs is 1. The lowest BCUT2D eigenvalue weighted by atomic mass is 10.0. The van der Waals surface area contributed by atoms with Crippen LogP contribution in [0.2, 0.25) is 0 Å². The van der Waals surface area contributed by atoms with Crippen molar-refractivity contribution in [3.63, 3.8) is 0 Å². The molecule has 0 amide bonds. The highest BCUT2D eigenvalue weighted by atomic mass is 16.6. The zero-order chi connectivity index (χ0) is 13.2. The Labute approximate surface area is 111 Å². The molecule has 19 heavy (non-hydrogen) atoms. The Kier molecular flexibility index (Phi) is 3.09. The van der Waals surface area contributed by atoms with Gasteiger partial charge < -0.3 is 14.6 Å². The number of nitrogens with zero attached hydrogens (tertiary/aromatic N) is 1. The van der Waals surface area contributed by atoms with Crippen molar-refractivity contribution < 1.29 is 14.6 Å². The number of pyridine rings is 1. The zero-order valence-corrected chi connectivity index (χ0v) is 10.7. The quantitative estimate of drug-likeness (QED) is 0.896. The Bertz CT molecular complexity index is 598. The predicted molar refractivity (Wildman–Crippen MR) is 70.5 cm³/mol. The molecule has 4 nitrogen and oxygen atoms in total. The Balaban J connectivity index is 2.02. The van der Waals surface area contributed by atoms with Gasteiger partial charge in [-0.2, -0.15) is 0 Å². The maximum atomic E-state index is 10.5. The highest BCUT2D eigenvalue weighted by Gasteiger charge is 2.21. The summed E-state index contributed by atoms with van der Waals surface area (Å²) in [4.78, 5) is 4.11. The summed E-state index contributed by atoms with van der Waals surface area (Å²) in [6.45, 7) is 2.99. The first-order chi connectivity index (χ1) is 9.25. The molecule has 1 atom stereocenters. The number of ether oxygens (including phenoxy) is 2. The second-order valence-electron chi connectivity index (χ2n) is 4.57. The molecule has 1 aromatic carbocycles. The minimum Gasteiger partial charge on any atom is -0.486 e. The molecule has 98 valence electrons. The van der Waals surface area contributed by atoms with E-state index in [4.69, 9.17) is 9.47 Å². The molecule has 0 spiro atoms. The molecule has 4 heteroatoms. The monoisotopic (exact) mass is 257 g/mol. The van der Waals surface area contributed by atoms with E-state index >= 15 is 0 Å². The van der Waals surface area contributed by atoms with Gasteiger partial charge in [-0.15, -0.1) is 0 Å². The molecular weight excluding hydrogens is 242 g/mol. The van der Waals surface area contributed by atoms with Gasteiger partial charge in [-0.1, -0.05) is 18.2 Å². The SMILES string of the molecule is Cc1cncc(C(O)c2cccc3c2OCCO3)c1. The maximum Gasteiger partial charge on any atom is 0.167 e. The van der Waals surface area contributed by atoms with Gasteiger partial charge in [0.25, 0.3) is 0 Å². The number of hydrogen-bond acceptors (Lipinski definition) is 4. The van der Waals surface area contributed by atoms with E-state index in [1.165, 1.54) is 0 Å². The van der Waals surface area contributed by atoms with Gasteiger partial charge in [-0.05, 0) is 18.6 Å². The average molecular weight is 257 g/mol. The van der Waals surface area contributed by atoms with Crippen molar-refractivity contribution in [2.45, 2.75) is 13.0 Å². The lowest BCUT2D eigenvalue weighted by molar-refractivity contribution is 0.158. The van der Waals surface area contributed by atoms with Gasteiger partial charge in [0.05, 0.1) is 0 Å². The summed E-state index contributed by atoms with van der Waals surface area (Å²) in [6, 6.07) is 7.47. The van der Waals surface area contributed by atoms with Gasteiger partial charge in [0.15, 0.2) is 11.5 Å². The van der Waals surface area contributed by atoms with E-state index in [0.717, 1.165) is 11.1 Å². The first kappa shape index (κ1) is 12.0. The van der Waals surface area contributed by atoms with Crippen molar-refractivity contribution in [2.75, 3.05) is 13.2 Å². The summed E-state index contributed by atoms with van der Waals surface area (Å²) in [7, 11) is 0. The molecule has 1 aliphatic rings. The first-order valence-corrected chi connectivity index (χ1v) is 6.24. The van der Waals surface area contributed by atoms with Crippen LogP contribution in [0.15, 0.2) is 36.7 Å². The van der Waals surface area contributed by atoms with Crippen LogP contribution in [-0.4, -0.2) is 23.3 Å². The van der Waals surface area contributed by atoms with E-state index in [2.05, 4.69) is 4.98 Å². The van der Waals surface area contributed by atoms with Crippen molar-refractivity contribution >= 4 is 0 Å². The van der Waals surface area contributed by atoms with E-state index in [1.807, 2.05) is 31.2 Å². The summed E-state index contributed by atoms with van der Waals surface area (Å²) >= 11 is 0. The van der Waals surface area contributed by atoms with Crippen LogP contribution in [-0.2, 0) is 0 Å². The van der Waals surface area contributed by atoms with Crippen LogP contribution in [0, 0.1) is 6.92 Å². The molecule has 0 saturated carbocycles. The van der Waals surface area contributed by atoms with E-state index in [0.29, 0.717) is 30.3 Å². The number of rotatable bonds is 2. The lowest BCUT2D eigenvalue weighted by Gasteiger charge is -2.23. The molecule has 2 heterocycles. The van der Waals surface area contributed by atoms with Gasteiger partial charge in [0.1, 0.15) is 19.3 Å². The fourth-order valence-corrected chi connectivity index (χ4v) is 2.22. The van der Waals surface area contributed by atoms with E-state index in [-0.39, 0.29) is 0 Å². The van der Waals surface area contributed by atoms with Crippen LogP contribution >= 0.6 is 0 Å². The second kappa shape index (κ2) is 4.90. The molecule has 2 aromatic rings. The van der Waals surface area contributed by atoms with Gasteiger partial charge in [-0.3, -0.25) is 4.98 Å². The van der Waals surface area contributed by atoms with Crippen LogP contribution in [0.25, 0.3) is 0 Å². The number of aromatic nitrogens is 1. The third-order valence-electron chi connectivity index (χ3n) is 3.10. The van der Waals surface area contributed by atoms with Crippen molar-refractivity contribution in [3.05, 3.63) is 53.3 Å². The molecule has 1 aliphatic heterocycles. The fourth-order valence-electron chi connectivity index (χ4n) is 2.22. The number of aliphatic hydroxyl groups excluding tert-OH is 1. The average Bonchev–Trinajstić information content (AvgIpc) is 2.46. The summed E-state index contributed by atoms with van der Waals surface area (Å²) < 4.78 is 11.1. The normalized spacial score (nSPS) is 15.1.